The molecular formula is C17H15ClN2O4. The highest BCUT2D eigenvalue weighted by Gasteiger charge is 2.10. The highest BCUT2D eigenvalue weighted by molar-refractivity contribution is 6.33. The fourth-order valence-corrected chi connectivity index (χ4v) is 2.07. The number of halogens is 1. The first-order valence-corrected chi connectivity index (χ1v) is 7.30. The number of amides is 1. The van der Waals surface area contributed by atoms with Gasteiger partial charge in [-0.25, -0.2) is 4.79 Å². The smallest absolute Gasteiger partial charge is 0.339 e. The molecule has 0 aliphatic rings. The molecular weight excluding hydrogens is 332 g/mol. The van der Waals surface area contributed by atoms with Gasteiger partial charge in [0, 0.05) is 6.21 Å². The number of ether oxygens (including phenoxy) is 2. The maximum atomic E-state index is 11.5. The van der Waals surface area contributed by atoms with Crippen molar-refractivity contribution in [1.82, 2.24) is 0 Å². The van der Waals surface area contributed by atoms with E-state index in [2.05, 4.69) is 9.73 Å². The number of aliphatic imine (C=N–C) groups is 1. The van der Waals surface area contributed by atoms with E-state index < -0.39 is 11.9 Å². The number of nitrogens with zero attached hydrogens (tertiary/aromatic N) is 1. The Morgan fingerprint density at radius 2 is 1.92 bits per heavy atom. The van der Waals surface area contributed by atoms with Gasteiger partial charge >= 0.3 is 5.97 Å². The number of primary amides is 1. The number of benzene rings is 2. The van der Waals surface area contributed by atoms with Gasteiger partial charge in [-0.15, -0.1) is 0 Å². The van der Waals surface area contributed by atoms with Gasteiger partial charge in [0.2, 0.25) is 0 Å². The maximum absolute atomic E-state index is 11.5. The summed E-state index contributed by atoms with van der Waals surface area (Å²) in [5, 5.41) is 0.270. The monoisotopic (exact) mass is 346 g/mol. The van der Waals surface area contributed by atoms with Crippen molar-refractivity contribution < 1.29 is 19.1 Å². The second-order valence-electron chi connectivity index (χ2n) is 4.74. The number of carbonyl (C=O) groups excluding carboxylic acids is 2. The lowest BCUT2D eigenvalue weighted by atomic mass is 10.2. The average molecular weight is 347 g/mol. The summed E-state index contributed by atoms with van der Waals surface area (Å²) >= 11 is 6.04. The van der Waals surface area contributed by atoms with Gasteiger partial charge in [0.15, 0.2) is 6.61 Å². The summed E-state index contributed by atoms with van der Waals surface area (Å²) < 4.78 is 9.80. The summed E-state index contributed by atoms with van der Waals surface area (Å²) in [6.07, 6.45) is 1.64. The van der Waals surface area contributed by atoms with Crippen molar-refractivity contribution in [2.45, 2.75) is 0 Å². The van der Waals surface area contributed by atoms with Gasteiger partial charge in [-0.05, 0) is 48.0 Å². The summed E-state index contributed by atoms with van der Waals surface area (Å²) in [5.74, 6) is -0.494. The average Bonchev–Trinajstić information content (AvgIpc) is 2.58. The molecule has 2 aromatic carbocycles. The van der Waals surface area contributed by atoms with Crippen LogP contribution in [0.15, 0.2) is 47.5 Å². The number of hydrogen-bond donors (Lipinski definition) is 1. The van der Waals surface area contributed by atoms with Crippen LogP contribution >= 0.6 is 11.6 Å². The number of nitrogens with two attached hydrogens (primary N) is 1. The number of rotatable bonds is 6. The molecule has 1 amide bonds. The zero-order valence-electron chi connectivity index (χ0n) is 12.9. The normalized spacial score (nSPS) is 10.6. The van der Waals surface area contributed by atoms with Crippen molar-refractivity contribution in [3.8, 4) is 5.75 Å². The molecule has 0 aliphatic carbocycles. The zero-order valence-corrected chi connectivity index (χ0v) is 13.6. The molecule has 6 nitrogen and oxygen atoms in total. The summed E-state index contributed by atoms with van der Waals surface area (Å²) in [4.78, 5) is 26.4. The molecule has 2 aromatic rings. The minimum Gasteiger partial charge on any atom is -0.484 e. The summed E-state index contributed by atoms with van der Waals surface area (Å²) in [6, 6.07) is 11.8. The Labute approximate surface area is 143 Å². The van der Waals surface area contributed by atoms with E-state index >= 15 is 0 Å². The predicted octanol–water partition coefficient (Wildman–Crippen LogP) is 2.74. The third-order valence-corrected chi connectivity index (χ3v) is 3.29. The minimum atomic E-state index is -0.534. The molecule has 0 bridgehead atoms. The first kappa shape index (κ1) is 17.5. The molecule has 0 atom stereocenters. The van der Waals surface area contributed by atoms with E-state index in [0.29, 0.717) is 11.4 Å². The first-order chi connectivity index (χ1) is 11.5. The Hall–Kier alpha value is -2.86. The molecule has 0 saturated heterocycles. The number of esters is 1. The first-order valence-electron chi connectivity index (χ1n) is 6.92. The Bertz CT molecular complexity index is 773. The molecule has 0 aromatic heterocycles. The molecule has 24 heavy (non-hydrogen) atoms. The highest BCUT2D eigenvalue weighted by Crippen LogP contribution is 2.23. The third kappa shape index (κ3) is 4.82. The Balaban J connectivity index is 2.06. The Morgan fingerprint density at radius 3 is 2.50 bits per heavy atom. The molecule has 0 spiro atoms. The molecule has 2 rings (SSSR count). The van der Waals surface area contributed by atoms with Gasteiger partial charge in [0.25, 0.3) is 5.91 Å². The molecule has 0 aliphatic heterocycles. The Kier molecular flexibility index (Phi) is 5.92. The van der Waals surface area contributed by atoms with Crippen molar-refractivity contribution in [3.05, 3.63) is 58.6 Å². The second kappa shape index (κ2) is 8.12. The largest absolute Gasteiger partial charge is 0.484 e. The van der Waals surface area contributed by atoms with Crippen molar-refractivity contribution in [2.24, 2.45) is 10.7 Å². The van der Waals surface area contributed by atoms with E-state index in [1.54, 1.807) is 48.7 Å². The van der Waals surface area contributed by atoms with Crippen LogP contribution in [0.3, 0.4) is 0 Å². The van der Waals surface area contributed by atoms with Gasteiger partial charge in [0.1, 0.15) is 5.75 Å². The highest BCUT2D eigenvalue weighted by atomic mass is 35.5. The maximum Gasteiger partial charge on any atom is 0.339 e. The topological polar surface area (TPSA) is 91.0 Å². The van der Waals surface area contributed by atoms with E-state index in [4.69, 9.17) is 22.1 Å². The van der Waals surface area contributed by atoms with E-state index in [-0.39, 0.29) is 17.2 Å². The third-order valence-electron chi connectivity index (χ3n) is 2.98. The van der Waals surface area contributed by atoms with E-state index in [1.807, 2.05) is 0 Å². The molecule has 124 valence electrons. The van der Waals surface area contributed by atoms with Crippen LogP contribution < -0.4 is 10.5 Å². The SMILES string of the molecule is COC(=O)c1ccc(N=Cc2ccc(OCC(N)=O)cc2)cc1Cl. The fraction of sp³-hybridized carbons (Fsp3) is 0.118. The van der Waals surface area contributed by atoms with E-state index in [1.165, 1.54) is 7.11 Å². The number of carbonyl (C=O) groups is 2. The molecule has 7 heteroatoms. The molecule has 0 unspecified atom stereocenters. The van der Waals surface area contributed by atoms with Gasteiger partial charge in [-0.2, -0.15) is 0 Å². The quantitative estimate of drug-likeness (QED) is 0.643. The van der Waals surface area contributed by atoms with Crippen LogP contribution in [0.5, 0.6) is 5.75 Å². The zero-order chi connectivity index (χ0) is 17.5. The molecule has 0 heterocycles. The lowest BCUT2D eigenvalue weighted by molar-refractivity contribution is -0.119. The van der Waals surface area contributed by atoms with Gasteiger partial charge in [-0.3, -0.25) is 9.79 Å². The molecule has 0 saturated carbocycles. The number of methoxy groups -OCH3 is 1. The summed E-state index contributed by atoms with van der Waals surface area (Å²) in [7, 11) is 1.29. The van der Waals surface area contributed by atoms with Crippen molar-refractivity contribution in [1.29, 1.82) is 0 Å². The van der Waals surface area contributed by atoms with E-state index in [0.717, 1.165) is 5.56 Å². The number of hydrogen-bond acceptors (Lipinski definition) is 5. The van der Waals surface area contributed by atoms with Crippen LogP contribution in [0, 0.1) is 0 Å². The lowest BCUT2D eigenvalue weighted by Gasteiger charge is -2.04. The van der Waals surface area contributed by atoms with Crippen LogP contribution in [0.4, 0.5) is 5.69 Å². The van der Waals surface area contributed by atoms with Crippen LogP contribution in [0.25, 0.3) is 0 Å². The van der Waals surface area contributed by atoms with Crippen molar-refractivity contribution in [3.63, 3.8) is 0 Å². The van der Waals surface area contributed by atoms with Crippen molar-refractivity contribution >= 4 is 35.4 Å². The van der Waals surface area contributed by atoms with Crippen molar-refractivity contribution in [2.75, 3.05) is 13.7 Å². The van der Waals surface area contributed by atoms with Crippen LogP contribution in [-0.4, -0.2) is 31.8 Å². The Morgan fingerprint density at radius 1 is 1.21 bits per heavy atom. The predicted molar refractivity (Wildman–Crippen MR) is 91.2 cm³/mol. The molecule has 2 N–H and O–H groups in total. The van der Waals surface area contributed by atoms with Gasteiger partial charge < -0.3 is 15.2 Å². The standard InChI is InChI=1S/C17H15ClN2O4/c1-23-17(22)14-7-4-12(8-15(14)18)20-9-11-2-5-13(6-3-11)24-10-16(19)21/h2-9H,10H2,1H3,(H2,19,21). The van der Waals surface area contributed by atoms with Crippen LogP contribution in [0.2, 0.25) is 5.02 Å². The van der Waals surface area contributed by atoms with Gasteiger partial charge in [-0.1, -0.05) is 11.6 Å². The fourth-order valence-electron chi connectivity index (χ4n) is 1.81. The summed E-state index contributed by atoms with van der Waals surface area (Å²) in [6.45, 7) is -0.168. The molecule has 0 radical (unpaired) electrons. The van der Waals surface area contributed by atoms with Gasteiger partial charge in [0.05, 0.1) is 23.4 Å². The lowest BCUT2D eigenvalue weighted by Crippen LogP contribution is -2.19. The summed E-state index contributed by atoms with van der Waals surface area (Å²) in [5.41, 5.74) is 6.72. The van der Waals surface area contributed by atoms with E-state index in [9.17, 15) is 9.59 Å². The molecule has 0 fully saturated rings. The van der Waals surface area contributed by atoms with Crippen LogP contribution in [0.1, 0.15) is 15.9 Å². The second-order valence-corrected chi connectivity index (χ2v) is 5.15. The minimum absolute atomic E-state index is 0.168. The van der Waals surface area contributed by atoms with Crippen LogP contribution in [-0.2, 0) is 9.53 Å².